The number of hydrogen-bond acceptors (Lipinski definition) is 2. The average Bonchev–Trinajstić information content (AvgIpc) is 2.69. The van der Waals surface area contributed by atoms with Crippen molar-refractivity contribution in [3.8, 4) is 0 Å². The summed E-state index contributed by atoms with van der Waals surface area (Å²) in [6.45, 7) is 5.19. The van der Waals surface area contributed by atoms with Gasteiger partial charge in [0.15, 0.2) is 0 Å². The molecule has 2 aromatic carbocycles. The number of carbonyl (C=O) groups is 1. The first kappa shape index (κ1) is 17.7. The van der Waals surface area contributed by atoms with Crippen molar-refractivity contribution in [1.82, 2.24) is 4.90 Å². The van der Waals surface area contributed by atoms with Gasteiger partial charge in [-0.2, -0.15) is 0 Å². The molecule has 3 rings (SSSR count). The van der Waals surface area contributed by atoms with Crippen molar-refractivity contribution in [3.63, 3.8) is 0 Å². The van der Waals surface area contributed by atoms with Gasteiger partial charge >= 0.3 is 0 Å². The molecule has 0 unspecified atom stereocenters. The van der Waals surface area contributed by atoms with E-state index in [1.165, 1.54) is 5.56 Å². The maximum Gasteiger partial charge on any atom is 0.226 e. The van der Waals surface area contributed by atoms with Crippen molar-refractivity contribution >= 4 is 11.6 Å². The van der Waals surface area contributed by atoms with Crippen LogP contribution in [0.25, 0.3) is 0 Å². The summed E-state index contributed by atoms with van der Waals surface area (Å²) < 4.78 is 0. The van der Waals surface area contributed by atoms with Crippen LogP contribution < -0.4 is 4.90 Å². The maximum atomic E-state index is 12.5. The smallest absolute Gasteiger partial charge is 0.226 e. The quantitative estimate of drug-likeness (QED) is 0.783. The Hall–Kier alpha value is -2.13. The fourth-order valence-corrected chi connectivity index (χ4v) is 3.65. The number of hydrogen-bond donors (Lipinski definition) is 0. The van der Waals surface area contributed by atoms with E-state index in [0.29, 0.717) is 12.5 Å². The molecule has 0 atom stereocenters. The Bertz CT molecular complexity index is 648. The lowest BCUT2D eigenvalue weighted by Gasteiger charge is -2.38. The van der Waals surface area contributed by atoms with E-state index in [4.69, 9.17) is 0 Å². The van der Waals surface area contributed by atoms with Gasteiger partial charge < -0.3 is 9.80 Å². The molecule has 0 aliphatic carbocycles. The first-order valence-corrected chi connectivity index (χ1v) is 9.41. The van der Waals surface area contributed by atoms with Crippen LogP contribution in [0.4, 0.5) is 5.69 Å². The third-order valence-electron chi connectivity index (χ3n) is 5.09. The molecule has 0 N–H and O–H groups in total. The van der Waals surface area contributed by atoms with E-state index < -0.39 is 0 Å². The monoisotopic (exact) mass is 348 g/mol. The number of benzene rings is 2. The first-order chi connectivity index (χ1) is 12.3. The van der Waals surface area contributed by atoms with Gasteiger partial charge in [0.05, 0.1) is 0 Å². The Kier molecular flexibility index (Phi) is 6.24. The van der Waals surface area contributed by atoms with Crippen LogP contribution in [-0.2, 0) is 11.2 Å². The third-order valence-corrected chi connectivity index (χ3v) is 5.09. The Balaban J connectivity index is 1.57. The zero-order valence-corrected chi connectivity index (χ0v) is 15.1. The van der Waals surface area contributed by atoms with Crippen LogP contribution in [0.3, 0.4) is 0 Å². The zero-order valence-electron chi connectivity index (χ0n) is 15.1. The van der Waals surface area contributed by atoms with Gasteiger partial charge in [0, 0.05) is 37.8 Å². The van der Waals surface area contributed by atoms with Crippen LogP contribution in [0.2, 0.25) is 0 Å². The van der Waals surface area contributed by atoms with Gasteiger partial charge in [0.25, 0.3) is 0 Å². The SMILES string of the molecule is CCC(=O)N(C1CCN(CCc2ccccc2)CC1)[14c]1[14cH][14cH][14cH][14cH][14cH]1. The molecule has 1 aliphatic heterocycles. The van der Waals surface area contributed by atoms with E-state index in [2.05, 4.69) is 47.4 Å². The summed E-state index contributed by atoms with van der Waals surface area (Å²) in [5, 5.41) is 0. The lowest BCUT2D eigenvalue weighted by atomic mass is 10.0. The number of likely N-dealkylation sites (tertiary alicyclic amines) is 1. The summed E-state index contributed by atoms with van der Waals surface area (Å²) >= 11 is 0. The van der Waals surface area contributed by atoms with Crippen LogP contribution in [-0.4, -0.2) is 36.5 Å². The molecule has 1 aliphatic rings. The average molecular weight is 348 g/mol. The van der Waals surface area contributed by atoms with E-state index >= 15 is 0 Å². The Labute approximate surface area is 151 Å². The van der Waals surface area contributed by atoms with E-state index in [1.807, 2.05) is 30.0 Å². The second kappa shape index (κ2) is 8.82. The second-order valence-electron chi connectivity index (χ2n) is 6.76. The number of amides is 1. The predicted molar refractivity (Wildman–Crippen MR) is 104 cm³/mol. The topological polar surface area (TPSA) is 23.6 Å². The molecule has 0 spiro atoms. The molecule has 1 heterocycles. The van der Waals surface area contributed by atoms with Crippen LogP contribution in [0.5, 0.6) is 0 Å². The molecular weight excluding hydrogens is 320 g/mol. The molecule has 25 heavy (non-hydrogen) atoms. The molecule has 3 heteroatoms. The fourth-order valence-electron chi connectivity index (χ4n) is 3.65. The maximum absolute atomic E-state index is 12.5. The molecule has 2 aromatic rings. The summed E-state index contributed by atoms with van der Waals surface area (Å²) in [6.07, 6.45) is 3.76. The summed E-state index contributed by atoms with van der Waals surface area (Å²) in [5.41, 5.74) is 2.44. The van der Waals surface area contributed by atoms with Crippen molar-refractivity contribution in [2.24, 2.45) is 0 Å². The van der Waals surface area contributed by atoms with Crippen LogP contribution in [0.1, 0.15) is 31.7 Å². The fraction of sp³-hybridized carbons (Fsp3) is 0.409. The number of para-hydroxylation sites is 1. The highest BCUT2D eigenvalue weighted by atomic mass is 16.2. The minimum Gasteiger partial charge on any atom is -0.309 e. The molecule has 132 valence electrons. The summed E-state index contributed by atoms with van der Waals surface area (Å²) in [4.78, 5) is 17.1. The first-order valence-electron chi connectivity index (χ1n) is 9.41. The Morgan fingerprint density at radius 1 is 1.16 bits per heavy atom. The molecule has 3 nitrogen and oxygen atoms in total. The van der Waals surface area contributed by atoms with Crippen LogP contribution in [0.15, 0.2) is 60.7 Å². The lowest BCUT2D eigenvalue weighted by molar-refractivity contribution is -0.119. The highest BCUT2D eigenvalue weighted by molar-refractivity contribution is 5.93. The van der Waals surface area contributed by atoms with Crippen molar-refractivity contribution in [1.29, 1.82) is 0 Å². The summed E-state index contributed by atoms with van der Waals surface area (Å²) in [5.74, 6) is 0.230. The highest BCUT2D eigenvalue weighted by Gasteiger charge is 2.28. The third kappa shape index (κ3) is 4.70. The van der Waals surface area contributed by atoms with Crippen molar-refractivity contribution in [2.45, 2.75) is 38.6 Å². The molecule has 0 bridgehead atoms. The van der Waals surface area contributed by atoms with Gasteiger partial charge in [0.1, 0.15) is 0 Å². The van der Waals surface area contributed by atoms with Gasteiger partial charge in [-0.1, -0.05) is 55.5 Å². The standard InChI is InChI=1S/C22H28N2O/c1-2-22(25)24(20-11-7-4-8-12-20)21-14-17-23(18-15-21)16-13-19-9-5-3-6-10-19/h3-12,21H,2,13-18H2,1H3/i4+2,7+2,8+2,11+2,12+2,20+2. The van der Waals surface area contributed by atoms with Gasteiger partial charge in [0.2, 0.25) is 5.91 Å². The van der Waals surface area contributed by atoms with E-state index in [0.717, 1.165) is 44.6 Å². The molecule has 0 aromatic heterocycles. The molecule has 1 saturated heterocycles. The van der Waals surface area contributed by atoms with Crippen molar-refractivity contribution in [3.05, 3.63) is 66.2 Å². The van der Waals surface area contributed by atoms with E-state index in [9.17, 15) is 4.79 Å². The van der Waals surface area contributed by atoms with Gasteiger partial charge in [-0.3, -0.25) is 4.79 Å². The predicted octanol–water partition coefficient (Wildman–Crippen LogP) is 4.14. The van der Waals surface area contributed by atoms with Crippen LogP contribution in [0, 0.1) is 0 Å². The zero-order chi connectivity index (χ0) is 17.5. The minimum absolute atomic E-state index is 0.230. The minimum atomic E-state index is 0.230. The second-order valence-corrected chi connectivity index (χ2v) is 6.76. The normalized spacial score (nSPS) is 15.9. The van der Waals surface area contributed by atoms with Crippen molar-refractivity contribution in [2.75, 3.05) is 24.5 Å². The van der Waals surface area contributed by atoms with Gasteiger partial charge in [-0.05, 0) is 37.0 Å². The molecular formula is C22H28N2O. The molecule has 0 radical (unpaired) electrons. The molecule has 1 fully saturated rings. The largest absolute Gasteiger partial charge is 0.309 e. The Morgan fingerprint density at radius 3 is 2.48 bits per heavy atom. The Morgan fingerprint density at radius 2 is 1.84 bits per heavy atom. The number of nitrogens with zero attached hydrogens (tertiary/aromatic N) is 2. The summed E-state index contributed by atoms with van der Waals surface area (Å²) in [6, 6.07) is 21.1. The van der Waals surface area contributed by atoms with Gasteiger partial charge in [-0.15, -0.1) is 0 Å². The molecule has 0 saturated carbocycles. The van der Waals surface area contributed by atoms with E-state index in [1.54, 1.807) is 0 Å². The lowest BCUT2D eigenvalue weighted by Crippen LogP contribution is -2.47. The number of anilines is 1. The number of rotatable bonds is 6. The number of piperidine rings is 1. The van der Waals surface area contributed by atoms with Crippen molar-refractivity contribution < 1.29 is 4.79 Å². The highest BCUT2D eigenvalue weighted by Crippen LogP contribution is 2.24. The van der Waals surface area contributed by atoms with E-state index in [-0.39, 0.29) is 5.91 Å². The van der Waals surface area contributed by atoms with Gasteiger partial charge in [-0.25, -0.2) is 0 Å². The van der Waals surface area contributed by atoms with Crippen LogP contribution >= 0.6 is 0 Å². The summed E-state index contributed by atoms with van der Waals surface area (Å²) in [7, 11) is 0. The molecule has 1 amide bonds. The number of carbonyl (C=O) groups excluding carboxylic acids is 1.